The number of hydrogen-bond acceptors (Lipinski definition) is 10. The summed E-state index contributed by atoms with van der Waals surface area (Å²) >= 11 is 14.1. The highest BCUT2D eigenvalue weighted by Crippen LogP contribution is 2.35. The normalized spacial score (nSPS) is 15.9. The zero-order chi connectivity index (χ0) is 34.2. The molecule has 1 saturated heterocycles. The second-order valence-corrected chi connectivity index (χ2v) is 13.4. The van der Waals surface area contributed by atoms with E-state index >= 15 is 0 Å². The Bertz CT molecular complexity index is 1720. The number of aromatic nitrogens is 1. The van der Waals surface area contributed by atoms with Crippen molar-refractivity contribution in [2.24, 2.45) is 0 Å². The van der Waals surface area contributed by atoms with Crippen molar-refractivity contribution in [1.82, 2.24) is 15.2 Å². The van der Waals surface area contributed by atoms with Crippen LogP contribution in [-0.4, -0.2) is 68.9 Å². The first-order valence-electron chi connectivity index (χ1n) is 15.3. The summed E-state index contributed by atoms with van der Waals surface area (Å²) in [6.45, 7) is 1.67. The first-order chi connectivity index (χ1) is 23.2. The lowest BCUT2D eigenvalue weighted by Crippen LogP contribution is -2.33. The Labute approximate surface area is 292 Å². The predicted molar refractivity (Wildman–Crippen MR) is 183 cm³/mol. The van der Waals surface area contributed by atoms with Gasteiger partial charge in [0.1, 0.15) is 22.8 Å². The van der Waals surface area contributed by atoms with E-state index in [0.717, 1.165) is 23.4 Å². The maximum absolute atomic E-state index is 14.8. The molecule has 3 atom stereocenters. The van der Waals surface area contributed by atoms with Gasteiger partial charge < -0.3 is 23.8 Å². The van der Waals surface area contributed by atoms with Crippen LogP contribution in [-0.2, 0) is 27.2 Å². The van der Waals surface area contributed by atoms with Crippen molar-refractivity contribution in [2.45, 2.75) is 37.5 Å². The molecule has 13 heteroatoms. The molecule has 254 valence electrons. The molecule has 1 fully saturated rings. The zero-order valence-corrected chi connectivity index (χ0v) is 29.0. The van der Waals surface area contributed by atoms with Crippen LogP contribution >= 0.6 is 34.5 Å². The Morgan fingerprint density at radius 2 is 1.81 bits per heavy atom. The van der Waals surface area contributed by atoms with Crippen molar-refractivity contribution < 1.29 is 32.9 Å². The molecule has 1 aliphatic heterocycles. The van der Waals surface area contributed by atoms with E-state index in [2.05, 4.69) is 15.2 Å². The first kappa shape index (κ1) is 35.6. The lowest BCUT2D eigenvalue weighted by atomic mass is 9.92. The van der Waals surface area contributed by atoms with E-state index in [9.17, 15) is 14.0 Å². The molecule has 9 nitrogen and oxygen atoms in total. The number of carbonyl (C=O) groups excluding carboxylic acids is 2. The number of esters is 2. The summed E-state index contributed by atoms with van der Waals surface area (Å²) in [5.41, 5.74) is 1.70. The van der Waals surface area contributed by atoms with Gasteiger partial charge in [0, 0.05) is 48.4 Å². The molecule has 0 amide bonds. The summed E-state index contributed by atoms with van der Waals surface area (Å²) in [6, 6.07) is 14.0. The van der Waals surface area contributed by atoms with E-state index in [4.69, 9.17) is 42.1 Å². The molecule has 2 aromatic heterocycles. The molecule has 2 unspecified atom stereocenters. The number of hydrogen-bond donors (Lipinski definition) is 1. The maximum atomic E-state index is 14.8. The molecular formula is C35H36Cl2FN3O6S. The molecule has 2 aromatic carbocycles. The molecule has 4 aromatic rings. The molecule has 1 N–H and O–H groups in total. The second kappa shape index (κ2) is 16.6. The predicted octanol–water partition coefficient (Wildman–Crippen LogP) is 6.87. The van der Waals surface area contributed by atoms with Crippen LogP contribution in [0.25, 0.3) is 0 Å². The zero-order valence-electron chi connectivity index (χ0n) is 26.7. The van der Waals surface area contributed by atoms with Gasteiger partial charge in [-0.1, -0.05) is 47.5 Å². The fourth-order valence-corrected chi connectivity index (χ4v) is 6.92. The van der Waals surface area contributed by atoms with Crippen LogP contribution in [0.4, 0.5) is 4.39 Å². The standard InChI is InChI=1S/C35H36Cl2FN3O6S/c1-41-13-12-23(19-41)47-35(43)33(25-6-4-5-7-29(25)38)40-16-24-9-11-32(48-24)34(42)46-20-22(14-26-27(36)17-39-18-28(26)37)21-8-10-30(44-2)31(15-21)45-3/h4-11,15,17-18,22-23,33,40H,12-14,16,19-20H2,1-3H3/t22?,23-,33?/m1/s1. The molecule has 3 heterocycles. The van der Waals surface area contributed by atoms with E-state index in [1.54, 1.807) is 50.6 Å². The lowest BCUT2D eigenvalue weighted by molar-refractivity contribution is -0.151. The van der Waals surface area contributed by atoms with Crippen molar-refractivity contribution >= 4 is 46.5 Å². The number of nitrogens with one attached hydrogen (secondary N) is 1. The third-order valence-corrected chi connectivity index (χ3v) is 9.84. The van der Waals surface area contributed by atoms with Crippen LogP contribution in [0.3, 0.4) is 0 Å². The fourth-order valence-electron chi connectivity index (χ4n) is 5.54. The van der Waals surface area contributed by atoms with Crippen LogP contribution in [0.2, 0.25) is 10.0 Å². The molecule has 5 rings (SSSR count). The van der Waals surface area contributed by atoms with Crippen LogP contribution in [0, 0.1) is 5.82 Å². The van der Waals surface area contributed by atoms with Gasteiger partial charge in [-0.25, -0.2) is 14.0 Å². The minimum Gasteiger partial charge on any atom is -0.493 e. The van der Waals surface area contributed by atoms with Gasteiger partial charge in [-0.3, -0.25) is 10.3 Å². The van der Waals surface area contributed by atoms with Crippen molar-refractivity contribution in [3.8, 4) is 11.5 Å². The number of nitrogens with zero attached hydrogens (tertiary/aromatic N) is 2. The molecule has 0 bridgehead atoms. The minimum absolute atomic E-state index is 0.0202. The first-order valence-corrected chi connectivity index (χ1v) is 16.9. The van der Waals surface area contributed by atoms with Crippen LogP contribution in [0.15, 0.2) is 67.0 Å². The van der Waals surface area contributed by atoms with E-state index in [1.807, 2.05) is 19.2 Å². The number of rotatable bonds is 14. The Morgan fingerprint density at radius 1 is 1.06 bits per heavy atom. The van der Waals surface area contributed by atoms with Crippen molar-refractivity contribution in [3.63, 3.8) is 0 Å². The average molecular weight is 717 g/mol. The van der Waals surface area contributed by atoms with E-state index in [-0.39, 0.29) is 30.7 Å². The van der Waals surface area contributed by atoms with Crippen molar-refractivity contribution in [3.05, 3.63) is 109 Å². The van der Waals surface area contributed by atoms with Gasteiger partial charge in [0.2, 0.25) is 0 Å². The highest BCUT2D eigenvalue weighted by atomic mass is 35.5. The summed E-state index contributed by atoms with van der Waals surface area (Å²) in [7, 11) is 5.06. The van der Waals surface area contributed by atoms with Gasteiger partial charge in [-0.05, 0) is 61.3 Å². The molecule has 0 radical (unpaired) electrons. The smallest absolute Gasteiger partial charge is 0.348 e. The SMILES string of the molecule is COc1ccc(C(COC(=O)c2ccc(CNC(C(=O)O[C@@H]3CCN(C)C3)c3ccccc3F)s2)Cc2c(Cl)cncc2Cl)cc1OC. The Kier molecular flexibility index (Phi) is 12.3. The molecular weight excluding hydrogens is 680 g/mol. The van der Waals surface area contributed by atoms with Gasteiger partial charge in [0.05, 0.1) is 30.9 Å². The number of halogens is 3. The second-order valence-electron chi connectivity index (χ2n) is 11.4. The van der Waals surface area contributed by atoms with E-state index in [0.29, 0.717) is 45.0 Å². The van der Waals surface area contributed by atoms with E-state index < -0.39 is 23.8 Å². The van der Waals surface area contributed by atoms with Crippen LogP contribution < -0.4 is 14.8 Å². The van der Waals surface area contributed by atoms with Gasteiger partial charge in [-0.15, -0.1) is 11.3 Å². The van der Waals surface area contributed by atoms with Crippen molar-refractivity contribution in [2.75, 3.05) is 41.0 Å². The topological polar surface area (TPSA) is 99.2 Å². The summed E-state index contributed by atoms with van der Waals surface area (Å²) in [6.07, 6.45) is 3.87. The number of benzene rings is 2. The summed E-state index contributed by atoms with van der Waals surface area (Å²) < 4.78 is 37.3. The van der Waals surface area contributed by atoms with Gasteiger partial charge in [-0.2, -0.15) is 0 Å². The average Bonchev–Trinajstić information content (AvgIpc) is 3.73. The van der Waals surface area contributed by atoms with Gasteiger partial charge >= 0.3 is 11.9 Å². The van der Waals surface area contributed by atoms with Gasteiger partial charge in [0.15, 0.2) is 11.5 Å². The van der Waals surface area contributed by atoms with Gasteiger partial charge in [0.25, 0.3) is 0 Å². The van der Waals surface area contributed by atoms with Crippen LogP contribution in [0.1, 0.15) is 49.6 Å². The quantitative estimate of drug-likeness (QED) is 0.140. The molecule has 0 aliphatic carbocycles. The number of pyridine rings is 1. The maximum Gasteiger partial charge on any atom is 0.348 e. The number of likely N-dealkylation sites (tertiary alicyclic amines) is 1. The number of carbonyl (C=O) groups is 2. The fraction of sp³-hybridized carbons (Fsp3) is 0.343. The van der Waals surface area contributed by atoms with E-state index in [1.165, 1.54) is 29.8 Å². The Balaban J connectivity index is 1.28. The number of methoxy groups -OCH3 is 2. The molecule has 0 saturated carbocycles. The largest absolute Gasteiger partial charge is 0.493 e. The minimum atomic E-state index is -1.02. The summed E-state index contributed by atoms with van der Waals surface area (Å²) in [5, 5.41) is 3.95. The highest BCUT2D eigenvalue weighted by Gasteiger charge is 2.30. The molecule has 1 aliphatic rings. The lowest BCUT2D eigenvalue weighted by Gasteiger charge is -2.21. The molecule has 0 spiro atoms. The monoisotopic (exact) mass is 715 g/mol. The van der Waals surface area contributed by atoms with Crippen LogP contribution in [0.5, 0.6) is 11.5 Å². The van der Waals surface area contributed by atoms with Crippen molar-refractivity contribution in [1.29, 1.82) is 0 Å². The Hall–Kier alpha value is -3.74. The highest BCUT2D eigenvalue weighted by molar-refractivity contribution is 7.13. The third-order valence-electron chi connectivity index (χ3n) is 8.12. The Morgan fingerprint density at radius 3 is 2.50 bits per heavy atom. The third kappa shape index (κ3) is 8.83. The molecule has 48 heavy (non-hydrogen) atoms. The number of ether oxygens (including phenoxy) is 4. The number of thiophene rings is 1. The summed E-state index contributed by atoms with van der Waals surface area (Å²) in [5.74, 6) is -0.815. The summed E-state index contributed by atoms with van der Waals surface area (Å²) in [4.78, 5) is 33.7. The number of likely N-dealkylation sites (N-methyl/N-ethyl adjacent to an activating group) is 1.